The molecule has 5 nitrogen and oxygen atoms in total. The van der Waals surface area contributed by atoms with Gasteiger partial charge in [0.15, 0.2) is 0 Å². The molecule has 0 saturated carbocycles. The molecule has 1 heterocycles. The van der Waals surface area contributed by atoms with E-state index in [1.54, 1.807) is 31.2 Å². The van der Waals surface area contributed by atoms with E-state index in [9.17, 15) is 18.6 Å². The van der Waals surface area contributed by atoms with Crippen molar-refractivity contribution in [3.05, 3.63) is 69.8 Å². The number of carbonyl (C=O) groups is 1. The van der Waals surface area contributed by atoms with Gasteiger partial charge in [0, 0.05) is 9.90 Å². The van der Waals surface area contributed by atoms with Crippen LogP contribution < -0.4 is 10.4 Å². The van der Waals surface area contributed by atoms with Crippen molar-refractivity contribution < 1.29 is 23.4 Å². The van der Waals surface area contributed by atoms with Gasteiger partial charge in [0.25, 0.3) is 0 Å². The van der Waals surface area contributed by atoms with Gasteiger partial charge < -0.3 is 14.7 Å². The van der Waals surface area contributed by atoms with Crippen LogP contribution >= 0.6 is 30.5 Å². The number of benzene rings is 2. The molecule has 0 spiro atoms. The molecule has 3 aromatic rings. The highest BCUT2D eigenvalue weighted by molar-refractivity contribution is 7.67. The van der Waals surface area contributed by atoms with Crippen LogP contribution in [0.1, 0.15) is 15.2 Å². The van der Waals surface area contributed by atoms with Gasteiger partial charge in [-0.25, -0.2) is 9.18 Å². The topological polar surface area (TPSA) is 75.6 Å². The third-order valence-corrected chi connectivity index (χ3v) is 7.09. The molecule has 0 aliphatic rings. The minimum Gasteiger partial charge on any atom is -0.465 e. The normalized spacial score (nSPS) is 13.0. The molecule has 0 fully saturated rings. The predicted octanol–water partition coefficient (Wildman–Crippen LogP) is 5.23. The SMILES string of the molecule is COC(=O)c1sc(-c2ccc(F)cc2)cc1NP(=O)(O)c1ccc(Cl)cc1C. The van der Waals surface area contributed by atoms with E-state index in [1.807, 2.05) is 0 Å². The Bertz CT molecular complexity index is 1080. The molecular formula is C19H16ClFNO4PS. The minimum atomic E-state index is -4.06. The van der Waals surface area contributed by atoms with Gasteiger partial charge in [0.1, 0.15) is 10.7 Å². The second kappa shape index (κ2) is 8.05. The first-order chi connectivity index (χ1) is 13.2. The summed E-state index contributed by atoms with van der Waals surface area (Å²) in [5, 5.41) is 3.22. The van der Waals surface area contributed by atoms with Crippen LogP contribution in [0, 0.1) is 12.7 Å². The Hall–Kier alpha value is -2.18. The number of hydrogen-bond acceptors (Lipinski definition) is 4. The van der Waals surface area contributed by atoms with Gasteiger partial charge in [-0.3, -0.25) is 4.57 Å². The first kappa shape index (κ1) is 20.6. The van der Waals surface area contributed by atoms with Crippen molar-refractivity contribution in [1.29, 1.82) is 0 Å². The zero-order chi connectivity index (χ0) is 20.5. The molecule has 1 unspecified atom stereocenters. The highest BCUT2D eigenvalue weighted by atomic mass is 35.5. The van der Waals surface area contributed by atoms with Crippen LogP contribution in [-0.4, -0.2) is 18.0 Å². The number of rotatable bonds is 5. The smallest absolute Gasteiger partial charge is 0.350 e. The van der Waals surface area contributed by atoms with Gasteiger partial charge in [0.05, 0.1) is 18.1 Å². The molecule has 0 aliphatic carbocycles. The number of ether oxygens (including phenoxy) is 1. The van der Waals surface area contributed by atoms with Crippen LogP contribution in [0.25, 0.3) is 10.4 Å². The molecule has 0 radical (unpaired) electrons. The second-order valence-electron chi connectivity index (χ2n) is 5.97. The molecule has 0 saturated heterocycles. The number of hydrogen-bond donors (Lipinski definition) is 2. The molecule has 0 bridgehead atoms. The van der Waals surface area contributed by atoms with E-state index in [2.05, 4.69) is 5.09 Å². The van der Waals surface area contributed by atoms with E-state index in [0.717, 1.165) is 11.3 Å². The van der Waals surface area contributed by atoms with Crippen LogP contribution in [0.5, 0.6) is 0 Å². The van der Waals surface area contributed by atoms with E-state index in [-0.39, 0.29) is 21.7 Å². The van der Waals surface area contributed by atoms with Crippen LogP contribution in [0.2, 0.25) is 5.02 Å². The monoisotopic (exact) mass is 439 g/mol. The highest BCUT2D eigenvalue weighted by Crippen LogP contribution is 2.45. The third kappa shape index (κ3) is 4.28. The number of methoxy groups -OCH3 is 1. The number of carbonyl (C=O) groups excluding carboxylic acids is 1. The molecule has 1 atom stereocenters. The van der Waals surface area contributed by atoms with E-state index >= 15 is 0 Å². The molecule has 1 aromatic heterocycles. The maximum absolute atomic E-state index is 13.2. The Labute approximate surface area is 170 Å². The Kier molecular flexibility index (Phi) is 5.91. The maximum Gasteiger partial charge on any atom is 0.350 e. The lowest BCUT2D eigenvalue weighted by atomic mass is 10.2. The fraction of sp³-hybridized carbons (Fsp3) is 0.105. The van der Waals surface area contributed by atoms with E-state index in [1.165, 1.54) is 31.4 Å². The Morgan fingerprint density at radius 3 is 2.50 bits per heavy atom. The number of halogens is 2. The van der Waals surface area contributed by atoms with Crippen molar-refractivity contribution >= 4 is 47.4 Å². The number of thiophene rings is 1. The molecule has 3 rings (SSSR count). The summed E-state index contributed by atoms with van der Waals surface area (Å²) in [5.74, 6) is -1.03. The standard InChI is InChI=1S/C19H16ClFNO4PS/c1-11-9-13(20)5-8-16(11)27(24,25)22-15-10-17(28-18(15)19(23)26-2)12-3-6-14(21)7-4-12/h3-10H,1-2H3,(H2,22,24,25). The molecule has 0 aliphatic heterocycles. The van der Waals surface area contributed by atoms with Crippen molar-refractivity contribution in [3.63, 3.8) is 0 Å². The molecule has 2 N–H and O–H groups in total. The van der Waals surface area contributed by atoms with Crippen molar-refractivity contribution in [2.45, 2.75) is 6.92 Å². The fourth-order valence-electron chi connectivity index (χ4n) is 2.66. The summed E-state index contributed by atoms with van der Waals surface area (Å²) in [5.41, 5.74) is 1.37. The number of esters is 1. The molecule has 9 heteroatoms. The lowest BCUT2D eigenvalue weighted by Crippen LogP contribution is -2.15. The summed E-state index contributed by atoms with van der Waals surface area (Å²) in [6.07, 6.45) is 0. The average molecular weight is 440 g/mol. The van der Waals surface area contributed by atoms with Crippen LogP contribution in [0.3, 0.4) is 0 Å². The molecular weight excluding hydrogens is 424 g/mol. The summed E-state index contributed by atoms with van der Waals surface area (Å²) in [6.45, 7) is 1.67. The van der Waals surface area contributed by atoms with E-state index < -0.39 is 13.5 Å². The summed E-state index contributed by atoms with van der Waals surface area (Å²) >= 11 is 7.00. The number of anilines is 1. The Morgan fingerprint density at radius 2 is 1.89 bits per heavy atom. The summed E-state index contributed by atoms with van der Waals surface area (Å²) < 4.78 is 30.9. The van der Waals surface area contributed by atoms with Gasteiger partial charge >= 0.3 is 13.5 Å². The molecule has 0 amide bonds. The average Bonchev–Trinajstić information content (AvgIpc) is 3.04. The van der Waals surface area contributed by atoms with Crippen molar-refractivity contribution in [3.8, 4) is 10.4 Å². The first-order valence-corrected chi connectivity index (χ1v) is 10.9. The molecule has 28 heavy (non-hydrogen) atoms. The van der Waals surface area contributed by atoms with Crippen molar-refractivity contribution in [1.82, 2.24) is 0 Å². The van der Waals surface area contributed by atoms with Crippen LogP contribution in [0.4, 0.5) is 10.1 Å². The first-order valence-electron chi connectivity index (χ1n) is 8.07. The number of aryl methyl sites for hydroxylation is 1. The molecule has 146 valence electrons. The zero-order valence-electron chi connectivity index (χ0n) is 14.9. The van der Waals surface area contributed by atoms with Gasteiger partial charge in [0.2, 0.25) is 0 Å². The van der Waals surface area contributed by atoms with Crippen LogP contribution in [-0.2, 0) is 9.30 Å². The minimum absolute atomic E-state index is 0.141. The predicted molar refractivity (Wildman–Crippen MR) is 110 cm³/mol. The van der Waals surface area contributed by atoms with E-state index in [4.69, 9.17) is 16.3 Å². The Balaban J connectivity index is 2.03. The molecule has 2 aromatic carbocycles. The van der Waals surface area contributed by atoms with Crippen molar-refractivity contribution in [2.75, 3.05) is 12.2 Å². The summed E-state index contributed by atoms with van der Waals surface area (Å²) in [4.78, 5) is 23.5. The lowest BCUT2D eigenvalue weighted by molar-refractivity contribution is 0.0607. The third-order valence-electron chi connectivity index (χ3n) is 3.99. The summed E-state index contributed by atoms with van der Waals surface area (Å²) in [6, 6.07) is 11.9. The van der Waals surface area contributed by atoms with Gasteiger partial charge in [-0.1, -0.05) is 23.7 Å². The fourth-order valence-corrected chi connectivity index (χ4v) is 5.44. The Morgan fingerprint density at radius 1 is 1.21 bits per heavy atom. The summed E-state index contributed by atoms with van der Waals surface area (Å²) in [7, 11) is -2.83. The van der Waals surface area contributed by atoms with Gasteiger partial charge in [-0.15, -0.1) is 11.3 Å². The zero-order valence-corrected chi connectivity index (χ0v) is 17.4. The maximum atomic E-state index is 13.2. The van der Waals surface area contributed by atoms with Gasteiger partial charge in [-0.05, 0) is 54.4 Å². The quantitative estimate of drug-likeness (QED) is 0.421. The largest absolute Gasteiger partial charge is 0.465 e. The van der Waals surface area contributed by atoms with Gasteiger partial charge in [-0.2, -0.15) is 0 Å². The van der Waals surface area contributed by atoms with E-state index in [0.29, 0.717) is 21.0 Å². The second-order valence-corrected chi connectivity index (χ2v) is 9.32. The lowest BCUT2D eigenvalue weighted by Gasteiger charge is -2.16. The number of nitrogens with one attached hydrogen (secondary N) is 1. The highest BCUT2D eigenvalue weighted by Gasteiger charge is 2.28. The van der Waals surface area contributed by atoms with Crippen molar-refractivity contribution in [2.24, 2.45) is 0 Å². The van der Waals surface area contributed by atoms with Crippen LogP contribution in [0.15, 0.2) is 48.5 Å².